The van der Waals surface area contributed by atoms with E-state index >= 15 is 0 Å². The molecule has 0 saturated carbocycles. The van der Waals surface area contributed by atoms with Crippen LogP contribution in [0.15, 0.2) is 22.7 Å². The molecule has 64 valence electrons. The zero-order valence-corrected chi connectivity index (χ0v) is 8.04. The molecule has 0 bridgehead atoms. The standard InChI is InChI=1S/C9H9BrO2/c10-7-1-2-8-6(4-11)5-12-9(8)3-7/h1-3,6,11H,4-5H2. The number of fused-ring (bicyclic) bond motifs is 1. The van der Waals surface area contributed by atoms with E-state index < -0.39 is 0 Å². The van der Waals surface area contributed by atoms with E-state index in [4.69, 9.17) is 9.84 Å². The van der Waals surface area contributed by atoms with E-state index in [1.165, 1.54) is 0 Å². The van der Waals surface area contributed by atoms with Crippen LogP contribution in [0.1, 0.15) is 11.5 Å². The third-order valence-corrected chi connectivity index (χ3v) is 2.57. The number of aliphatic hydroxyl groups is 1. The van der Waals surface area contributed by atoms with Gasteiger partial charge >= 0.3 is 0 Å². The Bertz CT molecular complexity index is 299. The first-order chi connectivity index (χ1) is 5.81. The highest BCUT2D eigenvalue weighted by Crippen LogP contribution is 2.35. The Morgan fingerprint density at radius 3 is 3.17 bits per heavy atom. The highest BCUT2D eigenvalue weighted by molar-refractivity contribution is 9.10. The van der Waals surface area contributed by atoms with E-state index in [0.29, 0.717) is 6.61 Å². The molecule has 1 aliphatic heterocycles. The highest BCUT2D eigenvalue weighted by Gasteiger charge is 2.22. The van der Waals surface area contributed by atoms with Gasteiger partial charge in [0.05, 0.1) is 13.2 Å². The SMILES string of the molecule is OCC1COc2cc(Br)ccc21. The van der Waals surface area contributed by atoms with Gasteiger partial charge in [0.2, 0.25) is 0 Å². The fourth-order valence-electron chi connectivity index (χ4n) is 1.40. The maximum atomic E-state index is 8.99. The van der Waals surface area contributed by atoms with Gasteiger partial charge in [-0.3, -0.25) is 0 Å². The minimum atomic E-state index is 0.160. The van der Waals surface area contributed by atoms with Crippen molar-refractivity contribution in [2.45, 2.75) is 5.92 Å². The molecule has 0 spiro atoms. The van der Waals surface area contributed by atoms with Crippen LogP contribution in [0, 0.1) is 0 Å². The molecule has 0 amide bonds. The van der Waals surface area contributed by atoms with Crippen LogP contribution in [-0.4, -0.2) is 18.3 Å². The van der Waals surface area contributed by atoms with Crippen molar-refractivity contribution in [3.05, 3.63) is 28.2 Å². The summed E-state index contributed by atoms with van der Waals surface area (Å²) in [5.74, 6) is 1.05. The molecular formula is C9H9BrO2. The molecule has 0 saturated heterocycles. The Hall–Kier alpha value is -0.540. The van der Waals surface area contributed by atoms with Gasteiger partial charge in [-0.25, -0.2) is 0 Å². The molecule has 1 N–H and O–H groups in total. The molecule has 1 heterocycles. The lowest BCUT2D eigenvalue weighted by Gasteiger charge is -2.02. The fourth-order valence-corrected chi connectivity index (χ4v) is 1.74. The van der Waals surface area contributed by atoms with Crippen LogP contribution in [-0.2, 0) is 0 Å². The predicted octanol–water partition coefficient (Wildman–Crippen LogP) is 1.92. The third kappa shape index (κ3) is 1.23. The number of halogens is 1. The zero-order chi connectivity index (χ0) is 8.55. The monoisotopic (exact) mass is 228 g/mol. The van der Waals surface area contributed by atoms with E-state index in [1.54, 1.807) is 0 Å². The molecule has 0 fully saturated rings. The lowest BCUT2D eigenvalue weighted by Crippen LogP contribution is -2.04. The van der Waals surface area contributed by atoms with Crippen molar-refractivity contribution in [1.82, 2.24) is 0 Å². The Morgan fingerprint density at radius 2 is 2.42 bits per heavy atom. The van der Waals surface area contributed by atoms with Gasteiger partial charge in [-0.1, -0.05) is 22.0 Å². The summed E-state index contributed by atoms with van der Waals surface area (Å²) in [4.78, 5) is 0. The minimum Gasteiger partial charge on any atom is -0.493 e. The Morgan fingerprint density at radius 1 is 1.58 bits per heavy atom. The number of ether oxygens (including phenoxy) is 1. The zero-order valence-electron chi connectivity index (χ0n) is 6.46. The van der Waals surface area contributed by atoms with E-state index in [-0.39, 0.29) is 12.5 Å². The maximum absolute atomic E-state index is 8.99. The average Bonchev–Trinajstić information content (AvgIpc) is 2.46. The Labute approximate surface area is 79.3 Å². The smallest absolute Gasteiger partial charge is 0.124 e. The molecule has 12 heavy (non-hydrogen) atoms. The summed E-state index contributed by atoms with van der Waals surface area (Å²) in [6.07, 6.45) is 0. The maximum Gasteiger partial charge on any atom is 0.124 e. The first kappa shape index (κ1) is 8.08. The summed E-state index contributed by atoms with van der Waals surface area (Å²) in [6, 6.07) is 5.90. The first-order valence-electron chi connectivity index (χ1n) is 3.84. The second-order valence-corrected chi connectivity index (χ2v) is 3.79. The number of hydrogen-bond donors (Lipinski definition) is 1. The first-order valence-corrected chi connectivity index (χ1v) is 4.63. The van der Waals surface area contributed by atoms with E-state index in [9.17, 15) is 0 Å². The molecule has 0 aromatic heterocycles. The largest absolute Gasteiger partial charge is 0.493 e. The molecule has 1 aliphatic rings. The van der Waals surface area contributed by atoms with Crippen molar-refractivity contribution in [3.8, 4) is 5.75 Å². The molecule has 0 aliphatic carbocycles. The average molecular weight is 229 g/mol. The number of hydrogen-bond acceptors (Lipinski definition) is 2. The normalized spacial score (nSPS) is 20.3. The Kier molecular flexibility index (Phi) is 2.07. The number of benzene rings is 1. The van der Waals surface area contributed by atoms with Gasteiger partial charge in [-0.15, -0.1) is 0 Å². The van der Waals surface area contributed by atoms with Gasteiger partial charge < -0.3 is 9.84 Å². The van der Waals surface area contributed by atoms with Crippen LogP contribution in [0.25, 0.3) is 0 Å². The van der Waals surface area contributed by atoms with Gasteiger partial charge in [-0.2, -0.15) is 0 Å². The van der Waals surface area contributed by atoms with Crippen molar-refractivity contribution in [1.29, 1.82) is 0 Å². The highest BCUT2D eigenvalue weighted by atomic mass is 79.9. The second-order valence-electron chi connectivity index (χ2n) is 2.87. The lowest BCUT2D eigenvalue weighted by molar-refractivity contribution is 0.232. The van der Waals surface area contributed by atoms with Gasteiger partial charge in [0.15, 0.2) is 0 Å². The van der Waals surface area contributed by atoms with E-state index in [1.807, 2.05) is 18.2 Å². The molecule has 1 aromatic rings. The van der Waals surface area contributed by atoms with Gasteiger partial charge in [0.25, 0.3) is 0 Å². The summed E-state index contributed by atoms with van der Waals surface area (Å²) in [6.45, 7) is 0.761. The minimum absolute atomic E-state index is 0.160. The van der Waals surface area contributed by atoms with E-state index in [0.717, 1.165) is 15.8 Å². The third-order valence-electron chi connectivity index (χ3n) is 2.08. The van der Waals surface area contributed by atoms with Gasteiger partial charge in [0.1, 0.15) is 5.75 Å². The Balaban J connectivity index is 2.40. The van der Waals surface area contributed by atoms with Crippen LogP contribution in [0.3, 0.4) is 0 Å². The molecule has 1 atom stereocenters. The van der Waals surface area contributed by atoms with Crippen molar-refractivity contribution in [3.63, 3.8) is 0 Å². The number of aliphatic hydroxyl groups excluding tert-OH is 1. The molecule has 1 aromatic carbocycles. The molecule has 2 nitrogen and oxygen atoms in total. The number of rotatable bonds is 1. The van der Waals surface area contributed by atoms with Crippen LogP contribution in [0.5, 0.6) is 5.75 Å². The lowest BCUT2D eigenvalue weighted by atomic mass is 10.0. The van der Waals surface area contributed by atoms with Gasteiger partial charge in [-0.05, 0) is 12.1 Å². The second kappa shape index (κ2) is 3.07. The summed E-state index contributed by atoms with van der Waals surface area (Å²) in [7, 11) is 0. The van der Waals surface area contributed by atoms with Crippen molar-refractivity contribution >= 4 is 15.9 Å². The summed E-state index contributed by atoms with van der Waals surface area (Å²) in [5, 5.41) is 8.99. The van der Waals surface area contributed by atoms with E-state index in [2.05, 4.69) is 15.9 Å². The van der Waals surface area contributed by atoms with Crippen molar-refractivity contribution in [2.24, 2.45) is 0 Å². The predicted molar refractivity (Wildman–Crippen MR) is 49.5 cm³/mol. The quantitative estimate of drug-likeness (QED) is 0.797. The van der Waals surface area contributed by atoms with Crippen LogP contribution in [0.2, 0.25) is 0 Å². The summed E-state index contributed by atoms with van der Waals surface area (Å²) in [5.41, 5.74) is 1.11. The molecule has 1 unspecified atom stereocenters. The molecule has 3 heteroatoms. The van der Waals surface area contributed by atoms with Crippen molar-refractivity contribution < 1.29 is 9.84 Å². The van der Waals surface area contributed by atoms with Crippen LogP contribution in [0.4, 0.5) is 0 Å². The van der Waals surface area contributed by atoms with Crippen molar-refractivity contribution in [2.75, 3.05) is 13.2 Å². The topological polar surface area (TPSA) is 29.5 Å². The summed E-state index contributed by atoms with van der Waals surface area (Å²) < 4.78 is 6.41. The fraction of sp³-hybridized carbons (Fsp3) is 0.333. The molecule has 2 rings (SSSR count). The van der Waals surface area contributed by atoms with Crippen LogP contribution >= 0.6 is 15.9 Å². The molecule has 0 radical (unpaired) electrons. The summed E-state index contributed by atoms with van der Waals surface area (Å²) >= 11 is 3.36. The van der Waals surface area contributed by atoms with Gasteiger partial charge in [0, 0.05) is 16.0 Å². The van der Waals surface area contributed by atoms with Crippen LogP contribution < -0.4 is 4.74 Å². The molecular weight excluding hydrogens is 220 g/mol.